The molecular weight excluding hydrogens is 338 g/mol. The monoisotopic (exact) mass is 363 g/mol. The minimum atomic E-state index is 0.301. The zero-order chi connectivity index (χ0) is 18.5. The van der Waals surface area contributed by atoms with Crippen molar-refractivity contribution in [3.63, 3.8) is 0 Å². The lowest BCUT2D eigenvalue weighted by atomic mass is 10.1. The molecule has 140 valence electrons. The van der Waals surface area contributed by atoms with E-state index in [1.54, 1.807) is 12.4 Å². The van der Waals surface area contributed by atoms with Gasteiger partial charge in [-0.15, -0.1) is 0 Å². The first-order valence-electron chi connectivity index (χ1n) is 9.52. The van der Waals surface area contributed by atoms with E-state index in [-0.39, 0.29) is 0 Å². The molecule has 0 radical (unpaired) electrons. The van der Waals surface area contributed by atoms with Gasteiger partial charge in [0.1, 0.15) is 5.69 Å². The van der Waals surface area contributed by atoms with E-state index in [9.17, 15) is 0 Å². The molecule has 0 N–H and O–H groups in total. The Kier molecular flexibility index (Phi) is 5.61. The van der Waals surface area contributed by atoms with Crippen LogP contribution in [-0.4, -0.2) is 34.3 Å². The van der Waals surface area contributed by atoms with E-state index >= 15 is 0 Å². The van der Waals surface area contributed by atoms with Crippen molar-refractivity contribution >= 4 is 0 Å². The van der Waals surface area contributed by atoms with Gasteiger partial charge in [-0.2, -0.15) is 0 Å². The summed E-state index contributed by atoms with van der Waals surface area (Å²) in [6.45, 7) is 5.51. The van der Waals surface area contributed by atoms with Crippen LogP contribution in [0.3, 0.4) is 0 Å². The van der Waals surface area contributed by atoms with Crippen molar-refractivity contribution in [1.82, 2.24) is 15.0 Å². The van der Waals surface area contributed by atoms with E-state index < -0.39 is 0 Å². The third-order valence-electron chi connectivity index (χ3n) is 5.04. The molecule has 3 heterocycles. The van der Waals surface area contributed by atoms with Crippen LogP contribution in [-0.2, 0) is 17.8 Å². The topological polar surface area (TPSA) is 51.4 Å². The molecule has 3 aromatic rings. The summed E-state index contributed by atoms with van der Waals surface area (Å²) in [5.41, 5.74) is 4.44. The van der Waals surface area contributed by atoms with Crippen LogP contribution in [0.2, 0.25) is 0 Å². The van der Waals surface area contributed by atoms with Crippen molar-refractivity contribution in [2.75, 3.05) is 13.2 Å². The smallest absolute Gasteiger partial charge is 0.151 e. The Hall–Kier alpha value is -2.50. The van der Waals surface area contributed by atoms with E-state index in [1.165, 1.54) is 11.1 Å². The minimum absolute atomic E-state index is 0.301. The predicted octanol–water partition coefficient (Wildman–Crippen LogP) is 4.23. The quantitative estimate of drug-likeness (QED) is 0.629. The zero-order valence-electron chi connectivity index (χ0n) is 15.7. The highest BCUT2D eigenvalue weighted by atomic mass is 16.5. The highest BCUT2D eigenvalue weighted by Gasteiger charge is 2.21. The van der Waals surface area contributed by atoms with Crippen LogP contribution >= 0.6 is 0 Å². The number of hydrogen-bond donors (Lipinski definition) is 0. The number of rotatable bonds is 7. The third kappa shape index (κ3) is 4.62. The molecule has 1 aliphatic rings. The molecule has 0 saturated carbocycles. The van der Waals surface area contributed by atoms with Gasteiger partial charge in [0.2, 0.25) is 0 Å². The number of pyridine rings is 1. The zero-order valence-corrected chi connectivity index (χ0v) is 15.7. The standard InChI is InChI=1S/C22H25N3O2/c1-17-6-2-3-7-19(17)14-25(15-20-9-5-11-26-20)16-21-12-22(24-27-21)18-8-4-10-23-13-18/h2-4,6-8,10,12-13,20H,5,9,11,14-16H2,1H3/t20-/m0/s1. The van der Waals surface area contributed by atoms with Crippen molar-refractivity contribution in [2.24, 2.45) is 0 Å². The lowest BCUT2D eigenvalue weighted by Crippen LogP contribution is -2.31. The van der Waals surface area contributed by atoms with Crippen LogP contribution in [0, 0.1) is 6.92 Å². The molecule has 5 nitrogen and oxygen atoms in total. The summed E-state index contributed by atoms with van der Waals surface area (Å²) in [5.74, 6) is 0.862. The fourth-order valence-electron chi connectivity index (χ4n) is 3.55. The first kappa shape index (κ1) is 17.9. The van der Waals surface area contributed by atoms with Gasteiger partial charge in [0.05, 0.1) is 12.6 Å². The maximum atomic E-state index is 5.87. The molecule has 1 fully saturated rings. The second-order valence-electron chi connectivity index (χ2n) is 7.15. The molecule has 0 spiro atoms. The van der Waals surface area contributed by atoms with Gasteiger partial charge < -0.3 is 9.26 Å². The van der Waals surface area contributed by atoms with Crippen molar-refractivity contribution in [1.29, 1.82) is 0 Å². The molecule has 1 aliphatic heterocycles. The van der Waals surface area contributed by atoms with Gasteiger partial charge in [-0.3, -0.25) is 9.88 Å². The van der Waals surface area contributed by atoms with Crippen LogP contribution in [0.4, 0.5) is 0 Å². The fraction of sp³-hybridized carbons (Fsp3) is 0.364. The van der Waals surface area contributed by atoms with Gasteiger partial charge in [-0.25, -0.2) is 0 Å². The minimum Gasteiger partial charge on any atom is -0.377 e. The van der Waals surface area contributed by atoms with Crippen molar-refractivity contribution < 1.29 is 9.26 Å². The first-order valence-corrected chi connectivity index (χ1v) is 9.52. The summed E-state index contributed by atoms with van der Waals surface area (Å²) in [6, 6.07) is 14.4. The van der Waals surface area contributed by atoms with E-state index in [4.69, 9.17) is 9.26 Å². The van der Waals surface area contributed by atoms with Gasteiger partial charge >= 0.3 is 0 Å². The van der Waals surface area contributed by atoms with Crippen molar-refractivity contribution in [3.05, 3.63) is 71.7 Å². The Morgan fingerprint density at radius 2 is 2.07 bits per heavy atom. The lowest BCUT2D eigenvalue weighted by molar-refractivity contribution is 0.0646. The molecule has 4 rings (SSSR count). The molecule has 0 bridgehead atoms. The number of aryl methyl sites for hydroxylation is 1. The number of benzene rings is 1. The first-order chi connectivity index (χ1) is 13.3. The number of hydrogen-bond acceptors (Lipinski definition) is 5. The molecule has 0 amide bonds. The summed E-state index contributed by atoms with van der Waals surface area (Å²) < 4.78 is 11.5. The number of aromatic nitrogens is 2. The Balaban J connectivity index is 1.50. The maximum absolute atomic E-state index is 5.87. The Morgan fingerprint density at radius 1 is 1.15 bits per heavy atom. The van der Waals surface area contributed by atoms with Crippen molar-refractivity contribution in [2.45, 2.75) is 39.0 Å². The number of ether oxygens (including phenoxy) is 1. The molecular formula is C22H25N3O2. The summed E-state index contributed by atoms with van der Waals surface area (Å²) in [6.07, 6.45) is 6.14. The molecule has 0 unspecified atom stereocenters. The molecule has 2 aromatic heterocycles. The van der Waals surface area contributed by atoms with Gasteiger partial charge in [0.25, 0.3) is 0 Å². The molecule has 0 aliphatic carbocycles. The highest BCUT2D eigenvalue weighted by Crippen LogP contribution is 2.22. The SMILES string of the molecule is Cc1ccccc1CN(Cc1cc(-c2cccnc2)no1)C[C@@H]1CCCO1. The van der Waals surface area contributed by atoms with Gasteiger partial charge in [-0.05, 0) is 43.0 Å². The Labute approximate surface area is 160 Å². The maximum Gasteiger partial charge on any atom is 0.151 e. The van der Waals surface area contributed by atoms with Crippen LogP contribution in [0.15, 0.2) is 59.4 Å². The molecule has 1 aromatic carbocycles. The second kappa shape index (κ2) is 8.46. The molecule has 1 saturated heterocycles. The predicted molar refractivity (Wildman–Crippen MR) is 104 cm³/mol. The van der Waals surface area contributed by atoms with E-state index in [2.05, 4.69) is 46.2 Å². The van der Waals surface area contributed by atoms with E-state index in [0.717, 1.165) is 49.6 Å². The normalized spacial score (nSPS) is 16.9. The molecule has 27 heavy (non-hydrogen) atoms. The summed E-state index contributed by atoms with van der Waals surface area (Å²) in [7, 11) is 0. The largest absolute Gasteiger partial charge is 0.377 e. The van der Waals surface area contributed by atoms with Gasteiger partial charge in [-0.1, -0.05) is 29.4 Å². The Bertz CT molecular complexity index is 857. The van der Waals surface area contributed by atoms with Crippen LogP contribution < -0.4 is 0 Å². The fourth-order valence-corrected chi connectivity index (χ4v) is 3.55. The summed E-state index contributed by atoms with van der Waals surface area (Å²) in [5, 5.41) is 4.22. The van der Waals surface area contributed by atoms with Crippen LogP contribution in [0.1, 0.15) is 29.7 Å². The second-order valence-corrected chi connectivity index (χ2v) is 7.15. The Morgan fingerprint density at radius 3 is 2.85 bits per heavy atom. The highest BCUT2D eigenvalue weighted by molar-refractivity contribution is 5.57. The lowest BCUT2D eigenvalue weighted by Gasteiger charge is -2.24. The number of nitrogens with zero attached hydrogens (tertiary/aromatic N) is 3. The summed E-state index contributed by atoms with van der Waals surface area (Å²) >= 11 is 0. The summed E-state index contributed by atoms with van der Waals surface area (Å²) in [4.78, 5) is 6.55. The average molecular weight is 363 g/mol. The van der Waals surface area contributed by atoms with E-state index in [1.807, 2.05) is 18.2 Å². The van der Waals surface area contributed by atoms with Crippen LogP contribution in [0.25, 0.3) is 11.3 Å². The molecule has 1 atom stereocenters. The van der Waals surface area contributed by atoms with Crippen LogP contribution in [0.5, 0.6) is 0 Å². The van der Waals surface area contributed by atoms with E-state index in [0.29, 0.717) is 12.6 Å². The van der Waals surface area contributed by atoms with Crippen molar-refractivity contribution in [3.8, 4) is 11.3 Å². The third-order valence-corrected chi connectivity index (χ3v) is 5.04. The van der Waals surface area contributed by atoms with Gasteiger partial charge in [0, 0.05) is 43.7 Å². The molecule has 5 heteroatoms. The average Bonchev–Trinajstić information content (AvgIpc) is 3.36. The van der Waals surface area contributed by atoms with Gasteiger partial charge in [0.15, 0.2) is 5.76 Å².